The van der Waals surface area contributed by atoms with Crippen molar-refractivity contribution in [2.24, 2.45) is 11.8 Å². The molecule has 1 saturated carbocycles. The average Bonchev–Trinajstić information content (AvgIpc) is 2.92. The van der Waals surface area contributed by atoms with Crippen LogP contribution in [0.1, 0.15) is 99.8 Å². The van der Waals surface area contributed by atoms with Crippen LogP contribution in [0.15, 0.2) is 54.6 Å². The Bertz CT molecular complexity index is 1140. The van der Waals surface area contributed by atoms with Crippen molar-refractivity contribution in [3.63, 3.8) is 0 Å². The van der Waals surface area contributed by atoms with Crippen LogP contribution in [-0.4, -0.2) is 0 Å². The van der Waals surface area contributed by atoms with Gasteiger partial charge in [0, 0.05) is 5.39 Å². The predicted molar refractivity (Wildman–Crippen MR) is 150 cm³/mol. The third-order valence-electron chi connectivity index (χ3n) is 8.59. The Labute approximate surface area is 225 Å². The van der Waals surface area contributed by atoms with Crippen LogP contribution in [-0.2, 0) is 25.4 Å². The van der Waals surface area contributed by atoms with Gasteiger partial charge in [0.25, 0.3) is 0 Å². The van der Waals surface area contributed by atoms with E-state index in [1.54, 1.807) is 0 Å². The van der Waals surface area contributed by atoms with Crippen LogP contribution >= 0.6 is 0 Å². The highest BCUT2D eigenvalue weighted by atomic mass is 19.4. The summed E-state index contributed by atoms with van der Waals surface area (Å²) < 4.78 is 53.6. The first-order valence-corrected chi connectivity index (χ1v) is 14.7. The molecule has 0 radical (unpaired) electrons. The minimum absolute atomic E-state index is 0.214. The molecule has 4 heteroatoms. The molecule has 0 heterocycles. The Balaban J connectivity index is 1.25. The molecule has 3 aromatic carbocycles. The van der Waals surface area contributed by atoms with E-state index < -0.39 is 11.7 Å². The zero-order valence-corrected chi connectivity index (χ0v) is 22.8. The lowest BCUT2D eigenvalue weighted by atomic mass is 9.77. The summed E-state index contributed by atoms with van der Waals surface area (Å²) in [4.78, 5) is 0. The van der Waals surface area contributed by atoms with Crippen LogP contribution in [0.4, 0.5) is 17.6 Å². The van der Waals surface area contributed by atoms with Gasteiger partial charge in [-0.3, -0.25) is 0 Å². The van der Waals surface area contributed by atoms with Crippen molar-refractivity contribution < 1.29 is 17.6 Å². The van der Waals surface area contributed by atoms with Crippen molar-refractivity contribution in [2.45, 2.75) is 103 Å². The molecule has 0 bridgehead atoms. The molecule has 0 atom stereocenters. The molecule has 0 nitrogen and oxygen atoms in total. The van der Waals surface area contributed by atoms with E-state index in [4.69, 9.17) is 0 Å². The van der Waals surface area contributed by atoms with Crippen molar-refractivity contribution >= 4 is 10.8 Å². The average molecular weight is 527 g/mol. The molecule has 0 unspecified atom stereocenters. The molecule has 0 aromatic heterocycles. The number of hydrogen-bond acceptors (Lipinski definition) is 0. The molecular formula is C34H42F4. The smallest absolute Gasteiger partial charge is 0.206 e. The van der Waals surface area contributed by atoms with Gasteiger partial charge >= 0.3 is 6.18 Å². The Kier molecular flexibility index (Phi) is 10.3. The molecule has 0 amide bonds. The molecular weight excluding hydrogens is 484 g/mol. The van der Waals surface area contributed by atoms with Crippen LogP contribution in [0.3, 0.4) is 0 Å². The highest BCUT2D eigenvalue weighted by Gasteiger charge is 2.29. The second-order valence-corrected chi connectivity index (χ2v) is 11.4. The van der Waals surface area contributed by atoms with E-state index in [1.807, 2.05) is 18.2 Å². The number of alkyl halides is 3. The SMILES string of the molecule is CCCCCCCC1CCC(CCc2ccc3c(F)c(CCc4ccc(C(F)(F)F)cc4)ccc3c2)CC1. The van der Waals surface area contributed by atoms with E-state index in [9.17, 15) is 13.2 Å². The summed E-state index contributed by atoms with van der Waals surface area (Å²) in [7, 11) is 0. The quantitative estimate of drug-likeness (QED) is 0.163. The van der Waals surface area contributed by atoms with Gasteiger partial charge in [-0.15, -0.1) is 0 Å². The summed E-state index contributed by atoms with van der Waals surface area (Å²) in [5.41, 5.74) is 1.99. The molecule has 3 aromatic rings. The minimum atomic E-state index is -4.34. The predicted octanol–water partition coefficient (Wildman–Crippen LogP) is 10.9. The molecule has 0 N–H and O–H groups in total. The Hall–Kier alpha value is -2.36. The van der Waals surface area contributed by atoms with Gasteiger partial charge < -0.3 is 0 Å². The maximum atomic E-state index is 15.2. The van der Waals surface area contributed by atoms with Gasteiger partial charge in [-0.1, -0.05) is 114 Å². The third-order valence-corrected chi connectivity index (χ3v) is 8.59. The molecule has 0 saturated heterocycles. The number of rotatable bonds is 12. The monoisotopic (exact) mass is 526 g/mol. The van der Waals surface area contributed by atoms with Crippen LogP contribution in [0, 0.1) is 17.7 Å². The highest BCUT2D eigenvalue weighted by molar-refractivity contribution is 5.84. The number of hydrogen-bond donors (Lipinski definition) is 0. The Morgan fingerprint density at radius 1 is 0.684 bits per heavy atom. The Morgan fingerprint density at radius 2 is 1.34 bits per heavy atom. The topological polar surface area (TPSA) is 0 Å². The van der Waals surface area contributed by atoms with Gasteiger partial charge in [-0.25, -0.2) is 4.39 Å². The van der Waals surface area contributed by atoms with Gasteiger partial charge in [0.2, 0.25) is 0 Å². The van der Waals surface area contributed by atoms with Gasteiger partial charge in [0.05, 0.1) is 5.56 Å². The number of benzene rings is 3. The van der Waals surface area contributed by atoms with Crippen molar-refractivity contribution in [3.05, 3.63) is 82.7 Å². The van der Waals surface area contributed by atoms with E-state index in [0.29, 0.717) is 23.8 Å². The molecule has 206 valence electrons. The fourth-order valence-corrected chi connectivity index (χ4v) is 6.09. The molecule has 4 rings (SSSR count). The summed E-state index contributed by atoms with van der Waals surface area (Å²) in [5, 5.41) is 1.54. The summed E-state index contributed by atoms with van der Waals surface area (Å²) in [6, 6.07) is 15.0. The molecule has 1 aliphatic rings. The first-order valence-electron chi connectivity index (χ1n) is 14.7. The maximum Gasteiger partial charge on any atom is 0.416 e. The van der Waals surface area contributed by atoms with Crippen LogP contribution in [0.2, 0.25) is 0 Å². The first-order chi connectivity index (χ1) is 18.3. The molecule has 0 spiro atoms. The third kappa shape index (κ3) is 8.07. The van der Waals surface area contributed by atoms with E-state index in [-0.39, 0.29) is 5.82 Å². The zero-order chi connectivity index (χ0) is 27.0. The van der Waals surface area contributed by atoms with Crippen molar-refractivity contribution in [1.29, 1.82) is 0 Å². The van der Waals surface area contributed by atoms with Gasteiger partial charge in [0.15, 0.2) is 0 Å². The molecule has 1 fully saturated rings. The second-order valence-electron chi connectivity index (χ2n) is 11.4. The molecule has 38 heavy (non-hydrogen) atoms. The summed E-state index contributed by atoms with van der Waals surface area (Å²) in [5.74, 6) is 1.53. The first kappa shape index (κ1) is 28.6. The Morgan fingerprint density at radius 3 is 2.03 bits per heavy atom. The number of aryl methyl sites for hydroxylation is 3. The highest BCUT2D eigenvalue weighted by Crippen LogP contribution is 2.35. The minimum Gasteiger partial charge on any atom is -0.206 e. The largest absolute Gasteiger partial charge is 0.416 e. The standard InChI is InChI=1S/C34H42F4/c1-2-3-4-5-6-7-25-8-10-26(11-9-25)12-13-28-17-23-32-30(24-28)20-19-29(33(32)35)18-14-27-15-21-31(22-16-27)34(36,37)38/h15-17,19-26H,2-14,18H2,1H3. The maximum absolute atomic E-state index is 15.2. The lowest BCUT2D eigenvalue weighted by Gasteiger charge is -2.28. The summed E-state index contributed by atoms with van der Waals surface area (Å²) in [6.45, 7) is 2.27. The lowest BCUT2D eigenvalue weighted by molar-refractivity contribution is -0.137. The van der Waals surface area contributed by atoms with Gasteiger partial charge in [-0.05, 0) is 71.7 Å². The van der Waals surface area contributed by atoms with Gasteiger partial charge in [-0.2, -0.15) is 13.2 Å². The zero-order valence-electron chi connectivity index (χ0n) is 22.8. The summed E-state index contributed by atoms with van der Waals surface area (Å²) in [6.07, 6.45) is 12.6. The van der Waals surface area contributed by atoms with Gasteiger partial charge in [0.1, 0.15) is 5.82 Å². The van der Waals surface area contributed by atoms with Crippen molar-refractivity contribution in [1.82, 2.24) is 0 Å². The van der Waals surface area contributed by atoms with Crippen molar-refractivity contribution in [3.8, 4) is 0 Å². The van der Waals surface area contributed by atoms with E-state index in [0.717, 1.165) is 41.3 Å². The normalized spacial score (nSPS) is 18.2. The molecule has 1 aliphatic carbocycles. The second kappa shape index (κ2) is 13.6. The van der Waals surface area contributed by atoms with Crippen LogP contribution in [0.5, 0.6) is 0 Å². The fourth-order valence-electron chi connectivity index (χ4n) is 6.09. The molecule has 0 aliphatic heterocycles. The lowest BCUT2D eigenvalue weighted by Crippen LogP contribution is -2.15. The van der Waals surface area contributed by atoms with Crippen LogP contribution < -0.4 is 0 Å². The van der Waals surface area contributed by atoms with Crippen molar-refractivity contribution in [2.75, 3.05) is 0 Å². The van der Waals surface area contributed by atoms with E-state index in [2.05, 4.69) is 19.1 Å². The number of fused-ring (bicyclic) bond motifs is 1. The summed E-state index contributed by atoms with van der Waals surface area (Å²) >= 11 is 0. The fraction of sp³-hybridized carbons (Fsp3) is 0.529. The van der Waals surface area contributed by atoms with Crippen LogP contribution in [0.25, 0.3) is 10.8 Å². The van der Waals surface area contributed by atoms with E-state index in [1.165, 1.54) is 88.3 Å². The van der Waals surface area contributed by atoms with E-state index >= 15 is 4.39 Å². The number of unbranched alkanes of at least 4 members (excludes halogenated alkanes) is 4. The number of halogens is 4.